The van der Waals surface area contributed by atoms with Crippen LogP contribution in [-0.2, 0) is 6.42 Å². The second-order valence-electron chi connectivity index (χ2n) is 4.03. The molecule has 0 spiro atoms. The van der Waals surface area contributed by atoms with Gasteiger partial charge in [0.05, 0.1) is 11.6 Å². The van der Waals surface area contributed by atoms with E-state index in [0.29, 0.717) is 11.3 Å². The Labute approximate surface area is 106 Å². The van der Waals surface area contributed by atoms with Crippen LogP contribution in [0.5, 0.6) is 5.75 Å². The molecule has 2 N–H and O–H groups in total. The molecule has 0 atom stereocenters. The predicted molar refractivity (Wildman–Crippen MR) is 71.5 cm³/mol. The minimum atomic E-state index is 0.291. The first-order valence-corrected chi connectivity index (χ1v) is 5.80. The number of phenolic OH excluding ortho intramolecular Hbond substituents is 1. The highest BCUT2D eigenvalue weighted by Gasteiger charge is 1.95. The van der Waals surface area contributed by atoms with Gasteiger partial charge in [-0.15, -0.1) is 0 Å². The Hall–Kier alpha value is -2.47. The number of phenols is 1. The largest absolute Gasteiger partial charge is 0.508 e. The Morgan fingerprint density at radius 1 is 1.00 bits per heavy atom. The zero-order valence-electron chi connectivity index (χ0n) is 9.93. The predicted octanol–water partition coefficient (Wildman–Crippen LogP) is 2.92. The fraction of sp³-hybridized carbons (Fsp3) is 0.133. The van der Waals surface area contributed by atoms with E-state index in [9.17, 15) is 0 Å². The summed E-state index contributed by atoms with van der Waals surface area (Å²) in [5.41, 5.74) is 2.85. The van der Waals surface area contributed by atoms with Crippen molar-refractivity contribution in [2.45, 2.75) is 6.42 Å². The summed E-state index contributed by atoms with van der Waals surface area (Å²) in [6.45, 7) is 0.816. The summed E-state index contributed by atoms with van der Waals surface area (Å²) in [4.78, 5) is 0. The van der Waals surface area contributed by atoms with Gasteiger partial charge in [0.2, 0.25) is 0 Å². The van der Waals surface area contributed by atoms with Gasteiger partial charge >= 0.3 is 0 Å². The molecular formula is C15H14N2O. The monoisotopic (exact) mass is 238 g/mol. The van der Waals surface area contributed by atoms with E-state index in [4.69, 9.17) is 10.4 Å². The van der Waals surface area contributed by atoms with Gasteiger partial charge in [0.25, 0.3) is 0 Å². The number of hydrogen-bond acceptors (Lipinski definition) is 3. The van der Waals surface area contributed by atoms with Gasteiger partial charge in [0.1, 0.15) is 5.75 Å². The number of anilines is 1. The standard InChI is InChI=1S/C15H14N2O/c16-11-13-1-5-14(6-2-13)17-10-9-12-3-7-15(18)8-4-12/h1-8,17-18H,9-10H2. The summed E-state index contributed by atoms with van der Waals surface area (Å²) in [6.07, 6.45) is 0.889. The Kier molecular flexibility index (Phi) is 3.83. The minimum Gasteiger partial charge on any atom is -0.508 e. The molecule has 0 radical (unpaired) electrons. The fourth-order valence-corrected chi connectivity index (χ4v) is 1.68. The van der Waals surface area contributed by atoms with Crippen LogP contribution in [-0.4, -0.2) is 11.7 Å². The quantitative estimate of drug-likeness (QED) is 0.861. The molecule has 2 aromatic carbocycles. The maximum atomic E-state index is 9.17. The summed E-state index contributed by atoms with van der Waals surface area (Å²) in [6, 6.07) is 16.7. The molecule has 0 bridgehead atoms. The molecule has 0 saturated carbocycles. The van der Waals surface area contributed by atoms with Crippen LogP contribution in [0.2, 0.25) is 0 Å². The van der Waals surface area contributed by atoms with E-state index in [1.807, 2.05) is 24.3 Å². The Morgan fingerprint density at radius 2 is 1.67 bits per heavy atom. The molecule has 2 rings (SSSR count). The topological polar surface area (TPSA) is 56.0 Å². The van der Waals surface area contributed by atoms with Crippen molar-refractivity contribution >= 4 is 5.69 Å². The second-order valence-corrected chi connectivity index (χ2v) is 4.03. The lowest BCUT2D eigenvalue weighted by atomic mass is 10.1. The minimum absolute atomic E-state index is 0.291. The van der Waals surface area contributed by atoms with Crippen molar-refractivity contribution in [1.82, 2.24) is 0 Å². The van der Waals surface area contributed by atoms with Crippen LogP contribution in [0.1, 0.15) is 11.1 Å². The average Bonchev–Trinajstić information content (AvgIpc) is 2.42. The van der Waals surface area contributed by atoms with Crippen molar-refractivity contribution in [2.24, 2.45) is 0 Å². The normalized spacial score (nSPS) is 9.72. The summed E-state index contributed by atoms with van der Waals surface area (Å²) in [5.74, 6) is 0.291. The molecule has 2 aromatic rings. The first-order chi connectivity index (χ1) is 8.78. The van der Waals surface area contributed by atoms with Crippen molar-refractivity contribution in [2.75, 3.05) is 11.9 Å². The van der Waals surface area contributed by atoms with Crippen LogP contribution in [0, 0.1) is 11.3 Å². The number of aromatic hydroxyl groups is 1. The summed E-state index contributed by atoms with van der Waals surface area (Å²) in [5, 5.41) is 21.1. The Balaban J connectivity index is 1.84. The van der Waals surface area contributed by atoms with Gasteiger partial charge < -0.3 is 10.4 Å². The number of benzene rings is 2. The van der Waals surface area contributed by atoms with E-state index < -0.39 is 0 Å². The zero-order chi connectivity index (χ0) is 12.8. The number of rotatable bonds is 4. The van der Waals surface area contributed by atoms with Gasteiger partial charge in [0, 0.05) is 12.2 Å². The van der Waals surface area contributed by atoms with Crippen molar-refractivity contribution in [3.05, 3.63) is 59.7 Å². The zero-order valence-corrected chi connectivity index (χ0v) is 9.93. The maximum absolute atomic E-state index is 9.17. The van der Waals surface area contributed by atoms with Crippen LogP contribution < -0.4 is 5.32 Å². The van der Waals surface area contributed by atoms with Crippen molar-refractivity contribution < 1.29 is 5.11 Å². The van der Waals surface area contributed by atoms with Gasteiger partial charge in [-0.1, -0.05) is 12.1 Å². The van der Waals surface area contributed by atoms with Crippen LogP contribution in [0.15, 0.2) is 48.5 Å². The van der Waals surface area contributed by atoms with Crippen molar-refractivity contribution in [1.29, 1.82) is 5.26 Å². The molecule has 18 heavy (non-hydrogen) atoms. The molecule has 0 heterocycles. The molecule has 0 saturated heterocycles. The third kappa shape index (κ3) is 3.26. The summed E-state index contributed by atoms with van der Waals surface area (Å²) < 4.78 is 0. The van der Waals surface area contributed by atoms with E-state index in [2.05, 4.69) is 11.4 Å². The van der Waals surface area contributed by atoms with Gasteiger partial charge in [0.15, 0.2) is 0 Å². The van der Waals surface area contributed by atoms with Gasteiger partial charge in [-0.05, 0) is 48.4 Å². The van der Waals surface area contributed by atoms with Crippen molar-refractivity contribution in [3.63, 3.8) is 0 Å². The number of nitrogens with zero attached hydrogens (tertiary/aromatic N) is 1. The van der Waals surface area contributed by atoms with Gasteiger partial charge in [-0.25, -0.2) is 0 Å². The van der Waals surface area contributed by atoms with E-state index in [-0.39, 0.29) is 0 Å². The molecule has 0 aromatic heterocycles. The van der Waals surface area contributed by atoms with Crippen molar-refractivity contribution in [3.8, 4) is 11.8 Å². The first kappa shape index (κ1) is 12.0. The molecule has 0 amide bonds. The van der Waals surface area contributed by atoms with E-state index in [0.717, 1.165) is 18.7 Å². The molecule has 3 nitrogen and oxygen atoms in total. The average molecular weight is 238 g/mol. The van der Waals surface area contributed by atoms with Crippen LogP contribution >= 0.6 is 0 Å². The second kappa shape index (κ2) is 5.74. The fourth-order valence-electron chi connectivity index (χ4n) is 1.68. The lowest BCUT2D eigenvalue weighted by Crippen LogP contribution is -2.04. The van der Waals surface area contributed by atoms with Gasteiger partial charge in [-0.2, -0.15) is 5.26 Å². The lowest BCUT2D eigenvalue weighted by molar-refractivity contribution is 0.475. The summed E-state index contributed by atoms with van der Waals surface area (Å²) >= 11 is 0. The number of nitrogens with one attached hydrogen (secondary N) is 1. The molecule has 0 aliphatic heterocycles. The van der Waals surface area contributed by atoms with E-state index >= 15 is 0 Å². The molecule has 0 aliphatic carbocycles. The smallest absolute Gasteiger partial charge is 0.115 e. The van der Waals surface area contributed by atoms with Crippen LogP contribution in [0.25, 0.3) is 0 Å². The molecule has 0 aliphatic rings. The summed E-state index contributed by atoms with van der Waals surface area (Å²) in [7, 11) is 0. The highest BCUT2D eigenvalue weighted by Crippen LogP contribution is 2.11. The molecule has 0 unspecified atom stereocenters. The Morgan fingerprint density at radius 3 is 2.28 bits per heavy atom. The highest BCUT2D eigenvalue weighted by molar-refractivity contribution is 5.47. The maximum Gasteiger partial charge on any atom is 0.115 e. The number of nitriles is 1. The highest BCUT2D eigenvalue weighted by atomic mass is 16.3. The third-order valence-electron chi connectivity index (χ3n) is 2.69. The molecule has 90 valence electrons. The molecule has 0 fully saturated rings. The van der Waals surface area contributed by atoms with E-state index in [1.165, 1.54) is 5.56 Å². The van der Waals surface area contributed by atoms with Crippen LogP contribution in [0.4, 0.5) is 5.69 Å². The number of hydrogen-bond donors (Lipinski definition) is 2. The van der Waals surface area contributed by atoms with E-state index in [1.54, 1.807) is 24.3 Å². The van der Waals surface area contributed by atoms with Gasteiger partial charge in [-0.3, -0.25) is 0 Å². The lowest BCUT2D eigenvalue weighted by Gasteiger charge is -2.06. The van der Waals surface area contributed by atoms with Crippen LogP contribution in [0.3, 0.4) is 0 Å². The first-order valence-electron chi connectivity index (χ1n) is 5.80. The SMILES string of the molecule is N#Cc1ccc(NCCc2ccc(O)cc2)cc1. The molecular weight excluding hydrogens is 224 g/mol. The third-order valence-corrected chi connectivity index (χ3v) is 2.69. The molecule has 3 heteroatoms. The Bertz CT molecular complexity index is 538.